The van der Waals surface area contributed by atoms with Gasteiger partial charge in [-0.15, -0.1) is 0 Å². The number of β-amino-alcohol motifs (C(OH)–C–C–N with tert-alkyl or cyclic N) is 1. The van der Waals surface area contributed by atoms with Crippen molar-refractivity contribution in [2.24, 2.45) is 0 Å². The van der Waals surface area contributed by atoms with Crippen molar-refractivity contribution in [2.75, 3.05) is 18.5 Å². The molecular formula is C23H24N6O7. The summed E-state index contributed by atoms with van der Waals surface area (Å²) in [6.45, 7) is 9.98. The topological polar surface area (TPSA) is 190 Å². The van der Waals surface area contributed by atoms with Crippen LogP contribution in [0.25, 0.3) is 4.85 Å². The molecule has 0 aliphatic carbocycles. The lowest BCUT2D eigenvalue weighted by Crippen LogP contribution is -2.49. The normalized spacial score (nSPS) is 14.7. The van der Waals surface area contributed by atoms with Gasteiger partial charge in [0.05, 0.1) is 25.8 Å². The molecule has 2 aliphatic rings. The summed E-state index contributed by atoms with van der Waals surface area (Å²) in [7, 11) is 0. The van der Waals surface area contributed by atoms with Crippen molar-refractivity contribution < 1.29 is 33.9 Å². The third kappa shape index (κ3) is 9.17. The van der Waals surface area contributed by atoms with Gasteiger partial charge in [-0.05, 0) is 18.6 Å². The van der Waals surface area contributed by atoms with E-state index >= 15 is 0 Å². The number of anilines is 1. The molecule has 0 spiro atoms. The zero-order valence-electron chi connectivity index (χ0n) is 19.6. The van der Waals surface area contributed by atoms with Crippen molar-refractivity contribution in [1.29, 1.82) is 5.26 Å². The van der Waals surface area contributed by atoms with Gasteiger partial charge in [-0.1, -0.05) is 30.7 Å². The zero-order valence-corrected chi connectivity index (χ0v) is 19.6. The number of amides is 7. The van der Waals surface area contributed by atoms with E-state index in [-0.39, 0.29) is 49.9 Å². The van der Waals surface area contributed by atoms with Crippen molar-refractivity contribution >= 4 is 41.3 Å². The molecule has 0 saturated carbocycles. The number of rotatable bonds is 4. The minimum Gasteiger partial charge on any atom is -0.395 e. The third-order valence-electron chi connectivity index (χ3n) is 4.49. The summed E-state index contributed by atoms with van der Waals surface area (Å²) in [5, 5.41) is 23.4. The average molecular weight is 496 g/mol. The summed E-state index contributed by atoms with van der Waals surface area (Å²) in [5.74, 6) is -2.32. The molecule has 0 radical (unpaired) electrons. The van der Waals surface area contributed by atoms with E-state index in [2.05, 4.69) is 10.2 Å². The van der Waals surface area contributed by atoms with Crippen LogP contribution in [0.3, 0.4) is 0 Å². The Bertz CT molecular complexity index is 1130. The number of carbonyl (C=O) groups is 6. The summed E-state index contributed by atoms with van der Waals surface area (Å²) in [5.41, 5.74) is 2.26. The number of hydrogen-bond donors (Lipinski definition) is 4. The molecule has 188 valence electrons. The SMILES string of the molecule is Cc1ccccc1NC(=O)CC#N.O=C1CC(=O)NC(=O)N1.[C-]#[N+]C1=C(C)CC(=O)N(CCO)C1=O. The first kappa shape index (κ1) is 29.2. The number of imide groups is 3. The fraction of sp³-hybridized carbons (Fsp3) is 0.304. The Hall–Kier alpha value is -4.88. The molecule has 0 atom stereocenters. The minimum absolute atomic E-state index is 0.00181. The van der Waals surface area contributed by atoms with Crippen molar-refractivity contribution in [3.63, 3.8) is 0 Å². The molecule has 0 bridgehead atoms. The molecule has 1 aromatic rings. The zero-order chi connectivity index (χ0) is 27.3. The average Bonchev–Trinajstić information content (AvgIpc) is 2.78. The summed E-state index contributed by atoms with van der Waals surface area (Å²) in [4.78, 5) is 68.6. The van der Waals surface area contributed by atoms with Crippen LogP contribution in [-0.2, 0) is 24.0 Å². The molecule has 0 aromatic heterocycles. The Labute approximate surface area is 206 Å². The molecule has 7 amide bonds. The van der Waals surface area contributed by atoms with Gasteiger partial charge in [-0.25, -0.2) is 9.64 Å². The van der Waals surface area contributed by atoms with E-state index in [9.17, 15) is 28.8 Å². The Morgan fingerprint density at radius 3 is 2.25 bits per heavy atom. The fourth-order valence-electron chi connectivity index (χ4n) is 2.80. The molecule has 13 heteroatoms. The van der Waals surface area contributed by atoms with Crippen LogP contribution >= 0.6 is 0 Å². The number of aryl methyl sites for hydroxylation is 1. The van der Waals surface area contributed by atoms with Crippen LogP contribution in [0.5, 0.6) is 0 Å². The van der Waals surface area contributed by atoms with E-state index in [1.807, 2.05) is 41.8 Å². The lowest BCUT2D eigenvalue weighted by Gasteiger charge is -2.24. The number of benzene rings is 1. The largest absolute Gasteiger partial charge is 0.395 e. The van der Waals surface area contributed by atoms with E-state index in [1.165, 1.54) is 0 Å². The molecule has 13 nitrogen and oxygen atoms in total. The Morgan fingerprint density at radius 1 is 1.14 bits per heavy atom. The first-order valence-electron chi connectivity index (χ1n) is 10.4. The van der Waals surface area contributed by atoms with Gasteiger partial charge in [-0.2, -0.15) is 5.26 Å². The summed E-state index contributed by atoms with van der Waals surface area (Å²) < 4.78 is 0. The summed E-state index contributed by atoms with van der Waals surface area (Å²) in [6.07, 6.45) is -0.274. The Kier molecular flexibility index (Phi) is 11.7. The highest BCUT2D eigenvalue weighted by Crippen LogP contribution is 2.20. The van der Waals surface area contributed by atoms with E-state index in [0.29, 0.717) is 5.57 Å². The molecule has 1 fully saturated rings. The predicted molar refractivity (Wildman–Crippen MR) is 124 cm³/mol. The molecule has 2 heterocycles. The van der Waals surface area contributed by atoms with Gasteiger partial charge < -0.3 is 10.4 Å². The number of aliphatic hydroxyl groups excluding tert-OH is 1. The standard InChI is InChI=1S/C10H10N2O.C9H10N2O3.C4H4N2O3/c1-8-4-2-3-5-9(8)12-10(13)6-7-11;1-6-5-7(13)11(3-4-12)9(14)8(6)10-2;7-2-1-3(8)6-4(9)5-2/h2-5H,6H2,1H3,(H,12,13);12H,3-5H2,1H3;1H2,(H2,5,6,7,8,9). The predicted octanol–water partition coefficient (Wildman–Crippen LogP) is 0.521. The number of aliphatic hydroxyl groups is 1. The van der Waals surface area contributed by atoms with E-state index < -0.39 is 23.8 Å². The second-order valence-electron chi connectivity index (χ2n) is 7.29. The lowest BCUT2D eigenvalue weighted by atomic mass is 10.1. The van der Waals surface area contributed by atoms with Gasteiger partial charge in [0.2, 0.25) is 29.3 Å². The lowest BCUT2D eigenvalue weighted by molar-refractivity contribution is -0.143. The second-order valence-corrected chi connectivity index (χ2v) is 7.29. The molecular weight excluding hydrogens is 472 g/mol. The van der Waals surface area contributed by atoms with Crippen LogP contribution in [0.4, 0.5) is 10.5 Å². The molecule has 2 aliphatic heterocycles. The van der Waals surface area contributed by atoms with Crippen LogP contribution in [0.1, 0.15) is 31.7 Å². The summed E-state index contributed by atoms with van der Waals surface area (Å²) in [6, 6.07) is 8.51. The van der Waals surface area contributed by atoms with E-state index in [4.69, 9.17) is 16.9 Å². The van der Waals surface area contributed by atoms with Gasteiger partial charge in [0, 0.05) is 12.1 Å². The quantitative estimate of drug-likeness (QED) is 0.263. The highest BCUT2D eigenvalue weighted by Gasteiger charge is 2.31. The molecule has 36 heavy (non-hydrogen) atoms. The number of nitrogens with zero attached hydrogens (tertiary/aromatic N) is 3. The van der Waals surface area contributed by atoms with Crippen LogP contribution < -0.4 is 16.0 Å². The number of nitrogens with one attached hydrogen (secondary N) is 3. The van der Waals surface area contributed by atoms with E-state index in [0.717, 1.165) is 16.2 Å². The maximum absolute atomic E-state index is 11.5. The van der Waals surface area contributed by atoms with Crippen LogP contribution in [-0.4, -0.2) is 58.7 Å². The van der Waals surface area contributed by atoms with Crippen LogP contribution in [0.2, 0.25) is 0 Å². The Balaban J connectivity index is 0.000000276. The maximum atomic E-state index is 11.5. The number of nitriles is 1. The monoisotopic (exact) mass is 496 g/mol. The second kappa shape index (κ2) is 14.4. The highest BCUT2D eigenvalue weighted by molar-refractivity contribution is 6.14. The van der Waals surface area contributed by atoms with Gasteiger partial charge in [0.1, 0.15) is 12.8 Å². The molecule has 4 N–H and O–H groups in total. The number of para-hydroxylation sites is 1. The van der Waals surface area contributed by atoms with Crippen LogP contribution in [0.15, 0.2) is 35.5 Å². The van der Waals surface area contributed by atoms with Crippen molar-refractivity contribution in [3.8, 4) is 6.07 Å². The molecule has 0 unspecified atom stereocenters. The maximum Gasteiger partial charge on any atom is 0.328 e. The Morgan fingerprint density at radius 2 is 1.75 bits per heavy atom. The van der Waals surface area contributed by atoms with Gasteiger partial charge in [0.15, 0.2) is 0 Å². The highest BCUT2D eigenvalue weighted by atomic mass is 16.3. The first-order valence-corrected chi connectivity index (χ1v) is 10.4. The molecule has 1 saturated heterocycles. The number of hydrogen-bond acceptors (Lipinski definition) is 8. The number of urea groups is 1. The number of carbonyl (C=O) groups excluding carboxylic acids is 6. The van der Waals surface area contributed by atoms with Gasteiger partial charge in [-0.3, -0.25) is 39.5 Å². The minimum atomic E-state index is -0.740. The van der Waals surface area contributed by atoms with Crippen molar-refractivity contribution in [2.45, 2.75) is 33.1 Å². The third-order valence-corrected chi connectivity index (χ3v) is 4.49. The van der Waals surface area contributed by atoms with Crippen LogP contribution in [0, 0.1) is 24.8 Å². The summed E-state index contributed by atoms with van der Waals surface area (Å²) >= 11 is 0. The first-order chi connectivity index (χ1) is 17.0. The van der Waals surface area contributed by atoms with Gasteiger partial charge >= 0.3 is 6.03 Å². The number of barbiturate groups is 1. The van der Waals surface area contributed by atoms with E-state index in [1.54, 1.807) is 13.0 Å². The van der Waals surface area contributed by atoms with Gasteiger partial charge in [0.25, 0.3) is 5.91 Å². The molecule has 3 rings (SSSR count). The smallest absolute Gasteiger partial charge is 0.328 e. The fourth-order valence-corrected chi connectivity index (χ4v) is 2.80. The van der Waals surface area contributed by atoms with Crippen molar-refractivity contribution in [3.05, 3.63) is 52.5 Å². The van der Waals surface area contributed by atoms with Crippen molar-refractivity contribution in [1.82, 2.24) is 15.5 Å². The molecule has 1 aromatic carbocycles.